The number of nitrogens with two attached hydrogens (primary N) is 1. The summed E-state index contributed by atoms with van der Waals surface area (Å²) in [6, 6.07) is -0.266. The summed E-state index contributed by atoms with van der Waals surface area (Å²) >= 11 is 3.50. The summed E-state index contributed by atoms with van der Waals surface area (Å²) in [6.07, 6.45) is 3.40. The number of hydrogen-bond acceptors (Lipinski definition) is 6. The molecule has 2 heterocycles. The highest BCUT2D eigenvalue weighted by molar-refractivity contribution is 9.10. The first-order chi connectivity index (χ1) is 9.13. The highest BCUT2D eigenvalue weighted by Crippen LogP contribution is 2.26. The van der Waals surface area contributed by atoms with Crippen molar-refractivity contribution in [2.45, 2.75) is 12.6 Å². The van der Waals surface area contributed by atoms with Gasteiger partial charge in [0.1, 0.15) is 11.7 Å². The molecule has 0 saturated carbocycles. The van der Waals surface area contributed by atoms with Crippen molar-refractivity contribution in [1.29, 1.82) is 0 Å². The number of aromatic amines is 1. The summed E-state index contributed by atoms with van der Waals surface area (Å²) in [5.74, 6) is 5.64. The van der Waals surface area contributed by atoms with Crippen molar-refractivity contribution in [1.82, 2.24) is 35.5 Å². The molecule has 0 radical (unpaired) electrons. The van der Waals surface area contributed by atoms with E-state index in [0.29, 0.717) is 0 Å². The first-order valence-electron chi connectivity index (χ1n) is 5.81. The number of nitrogens with zero attached hydrogens (tertiary/aromatic N) is 5. The quantitative estimate of drug-likeness (QED) is 0.505. The predicted molar refractivity (Wildman–Crippen MR) is 74.0 cm³/mol. The van der Waals surface area contributed by atoms with Crippen LogP contribution in [0.15, 0.2) is 16.9 Å². The van der Waals surface area contributed by atoms with Crippen LogP contribution < -0.4 is 11.3 Å². The molecule has 0 fully saturated rings. The Labute approximate surface area is 119 Å². The van der Waals surface area contributed by atoms with E-state index in [0.717, 1.165) is 29.0 Å². The van der Waals surface area contributed by atoms with Crippen LogP contribution in [0.2, 0.25) is 0 Å². The molecule has 0 bridgehead atoms. The van der Waals surface area contributed by atoms with Crippen LogP contribution in [0.1, 0.15) is 17.4 Å². The zero-order valence-corrected chi connectivity index (χ0v) is 12.4. The van der Waals surface area contributed by atoms with Crippen molar-refractivity contribution in [3.63, 3.8) is 0 Å². The van der Waals surface area contributed by atoms with Gasteiger partial charge in [0.25, 0.3) is 0 Å². The molecule has 0 aromatic carbocycles. The van der Waals surface area contributed by atoms with Crippen LogP contribution in [0, 0.1) is 0 Å². The largest absolute Gasteiger partial charge is 0.308 e. The minimum Gasteiger partial charge on any atom is -0.308 e. The average molecular weight is 329 g/mol. The van der Waals surface area contributed by atoms with Gasteiger partial charge in [-0.2, -0.15) is 20.5 Å². The van der Waals surface area contributed by atoms with Gasteiger partial charge in [-0.05, 0) is 30.0 Å². The van der Waals surface area contributed by atoms with Crippen LogP contribution in [0.4, 0.5) is 0 Å². The van der Waals surface area contributed by atoms with Crippen LogP contribution >= 0.6 is 15.9 Å². The molecular weight excluding hydrogens is 312 g/mol. The third-order valence-corrected chi connectivity index (χ3v) is 3.37. The molecule has 0 saturated heterocycles. The van der Waals surface area contributed by atoms with Crippen molar-refractivity contribution in [3.05, 3.63) is 28.3 Å². The molecule has 0 aliphatic heterocycles. The van der Waals surface area contributed by atoms with E-state index in [1.165, 1.54) is 0 Å². The van der Waals surface area contributed by atoms with E-state index in [1.54, 1.807) is 12.4 Å². The summed E-state index contributed by atoms with van der Waals surface area (Å²) < 4.78 is 2.79. The normalized spacial score (nSPS) is 13.1. The van der Waals surface area contributed by atoms with E-state index in [-0.39, 0.29) is 6.04 Å². The molecule has 9 heteroatoms. The lowest BCUT2D eigenvalue weighted by atomic mass is 10.1. The zero-order chi connectivity index (χ0) is 13.8. The van der Waals surface area contributed by atoms with Crippen LogP contribution in [0.25, 0.3) is 0 Å². The fourth-order valence-corrected chi connectivity index (χ4v) is 2.31. The van der Waals surface area contributed by atoms with Crippen LogP contribution in [-0.4, -0.2) is 50.7 Å². The molecule has 4 N–H and O–H groups in total. The number of halogens is 1. The minimum absolute atomic E-state index is 0.266. The van der Waals surface area contributed by atoms with Crippen molar-refractivity contribution in [3.8, 4) is 0 Å². The van der Waals surface area contributed by atoms with Gasteiger partial charge in [0.2, 0.25) is 0 Å². The third-order valence-electron chi connectivity index (χ3n) is 2.76. The molecule has 0 spiro atoms. The molecule has 104 valence electrons. The second kappa shape index (κ2) is 6.24. The number of H-pyrrole nitrogens is 1. The van der Waals surface area contributed by atoms with Gasteiger partial charge in [0, 0.05) is 6.54 Å². The Balaban J connectivity index is 2.29. The third kappa shape index (κ3) is 3.18. The number of aromatic nitrogens is 5. The lowest BCUT2D eigenvalue weighted by molar-refractivity contribution is 0.365. The Morgan fingerprint density at radius 3 is 2.89 bits per heavy atom. The monoisotopic (exact) mass is 328 g/mol. The second-order valence-corrected chi connectivity index (χ2v) is 5.25. The standard InChI is InChI=1S/C10H17BrN8/c1-18(2)3-4-19-10(7(11)5-14-19)9(15-12)8-6-13-17-16-8/h5-6,9,15H,3-4,12H2,1-2H3,(H,13,16,17). The Kier molecular flexibility index (Phi) is 4.64. The van der Waals surface area contributed by atoms with E-state index in [4.69, 9.17) is 5.84 Å². The van der Waals surface area contributed by atoms with E-state index < -0.39 is 0 Å². The van der Waals surface area contributed by atoms with Gasteiger partial charge in [-0.3, -0.25) is 10.5 Å². The predicted octanol–water partition coefficient (Wildman–Crippen LogP) is -0.122. The average Bonchev–Trinajstić information content (AvgIpc) is 3.00. The Morgan fingerprint density at radius 2 is 2.32 bits per heavy atom. The lowest BCUT2D eigenvalue weighted by Crippen LogP contribution is -2.32. The molecule has 19 heavy (non-hydrogen) atoms. The zero-order valence-electron chi connectivity index (χ0n) is 10.8. The summed E-state index contributed by atoms with van der Waals surface area (Å²) in [4.78, 5) is 2.10. The number of hydrogen-bond donors (Lipinski definition) is 3. The first kappa shape index (κ1) is 14.1. The van der Waals surface area contributed by atoms with Crippen LogP contribution in [-0.2, 0) is 6.54 Å². The van der Waals surface area contributed by atoms with E-state index in [9.17, 15) is 0 Å². The fraction of sp³-hybridized carbons (Fsp3) is 0.500. The Hall–Kier alpha value is -1.29. The molecule has 1 unspecified atom stereocenters. The Morgan fingerprint density at radius 1 is 1.53 bits per heavy atom. The summed E-state index contributed by atoms with van der Waals surface area (Å²) in [5.41, 5.74) is 4.40. The van der Waals surface area contributed by atoms with Crippen LogP contribution in [0.3, 0.4) is 0 Å². The van der Waals surface area contributed by atoms with E-state index in [2.05, 4.69) is 46.8 Å². The lowest BCUT2D eigenvalue weighted by Gasteiger charge is -2.17. The maximum atomic E-state index is 5.64. The molecule has 2 aromatic rings. The van der Waals surface area contributed by atoms with Crippen molar-refractivity contribution < 1.29 is 0 Å². The van der Waals surface area contributed by atoms with Crippen LogP contribution in [0.5, 0.6) is 0 Å². The van der Waals surface area contributed by atoms with Crippen molar-refractivity contribution >= 4 is 15.9 Å². The van der Waals surface area contributed by atoms with Gasteiger partial charge in [0.15, 0.2) is 0 Å². The minimum atomic E-state index is -0.266. The van der Waals surface area contributed by atoms with E-state index in [1.807, 2.05) is 18.8 Å². The second-order valence-electron chi connectivity index (χ2n) is 4.40. The topological polar surface area (TPSA) is 101 Å². The summed E-state index contributed by atoms with van der Waals surface area (Å²) in [6.45, 7) is 1.65. The molecule has 8 nitrogen and oxygen atoms in total. The molecule has 0 aliphatic carbocycles. The molecule has 0 amide bonds. The van der Waals surface area contributed by atoms with Crippen molar-refractivity contribution in [2.24, 2.45) is 5.84 Å². The van der Waals surface area contributed by atoms with Gasteiger partial charge in [-0.25, -0.2) is 5.43 Å². The number of rotatable bonds is 6. The smallest absolute Gasteiger partial charge is 0.109 e. The molecule has 2 rings (SSSR count). The fourth-order valence-electron chi connectivity index (χ4n) is 1.79. The van der Waals surface area contributed by atoms with Gasteiger partial charge >= 0.3 is 0 Å². The first-order valence-corrected chi connectivity index (χ1v) is 6.60. The maximum absolute atomic E-state index is 5.64. The number of hydrazine groups is 1. The van der Waals surface area contributed by atoms with Gasteiger partial charge in [-0.1, -0.05) is 0 Å². The van der Waals surface area contributed by atoms with Crippen molar-refractivity contribution in [2.75, 3.05) is 20.6 Å². The SMILES string of the molecule is CN(C)CCn1ncc(Br)c1C(NN)c1cn[nH]n1. The van der Waals surface area contributed by atoms with E-state index >= 15 is 0 Å². The maximum Gasteiger partial charge on any atom is 0.109 e. The molecule has 2 aromatic heterocycles. The molecular formula is C10H17BrN8. The number of nitrogens with one attached hydrogen (secondary N) is 2. The highest BCUT2D eigenvalue weighted by Gasteiger charge is 2.22. The highest BCUT2D eigenvalue weighted by atomic mass is 79.9. The van der Waals surface area contributed by atoms with Gasteiger partial charge in [-0.15, -0.1) is 0 Å². The molecule has 0 aliphatic rings. The van der Waals surface area contributed by atoms with Gasteiger partial charge in [0.05, 0.1) is 29.1 Å². The molecule has 1 atom stereocenters. The van der Waals surface area contributed by atoms with Gasteiger partial charge < -0.3 is 4.90 Å². The number of likely N-dealkylation sites (N-methyl/N-ethyl adjacent to an activating group) is 1. The summed E-state index contributed by atoms with van der Waals surface area (Å²) in [7, 11) is 4.04. The Bertz CT molecular complexity index is 506. The summed E-state index contributed by atoms with van der Waals surface area (Å²) in [5, 5.41) is 14.8.